The summed E-state index contributed by atoms with van der Waals surface area (Å²) < 4.78 is 24.9. The molecule has 1 N–H and O–H groups in total. The maximum Gasteiger partial charge on any atom is 0.257 e. The van der Waals surface area contributed by atoms with E-state index in [2.05, 4.69) is 5.32 Å². The monoisotopic (exact) mass is 364 g/mol. The van der Waals surface area contributed by atoms with Crippen molar-refractivity contribution in [2.45, 2.75) is 13.0 Å². The van der Waals surface area contributed by atoms with Crippen LogP contribution in [0.1, 0.15) is 21.5 Å². The van der Waals surface area contributed by atoms with Gasteiger partial charge in [-0.2, -0.15) is 4.31 Å². The second-order valence-electron chi connectivity index (χ2n) is 5.76. The van der Waals surface area contributed by atoms with Crippen molar-refractivity contribution >= 4 is 33.2 Å². The lowest BCUT2D eigenvalue weighted by Gasteiger charge is -2.27. The van der Waals surface area contributed by atoms with E-state index in [1.165, 1.54) is 10.6 Å². The topological polar surface area (TPSA) is 66.5 Å². The molecule has 0 aliphatic carbocycles. The Balaban J connectivity index is 1.82. The van der Waals surface area contributed by atoms with Crippen LogP contribution in [0.2, 0.25) is 5.02 Å². The summed E-state index contributed by atoms with van der Waals surface area (Å²) in [5, 5.41) is 3.20. The molecule has 126 valence electrons. The molecule has 0 aromatic heterocycles. The Kier molecular flexibility index (Phi) is 4.62. The summed E-state index contributed by atoms with van der Waals surface area (Å²) >= 11 is 6.04. The molecule has 2 aromatic carbocycles. The molecule has 1 amide bonds. The molecule has 24 heavy (non-hydrogen) atoms. The highest BCUT2D eigenvalue weighted by atomic mass is 35.5. The van der Waals surface area contributed by atoms with Gasteiger partial charge in [-0.05, 0) is 41.8 Å². The average Bonchev–Trinajstić information content (AvgIpc) is 2.53. The third-order valence-electron chi connectivity index (χ3n) is 4.03. The standard InChI is InChI=1S/C17H17ClN2O3S/c1-24(22,23)20-9-8-12-6-7-14(10-13(12)11-20)19-17(21)15-4-2-3-5-16(15)18/h2-7,10H,8-9,11H2,1H3,(H,19,21). The van der Waals surface area contributed by atoms with Crippen molar-refractivity contribution in [2.24, 2.45) is 0 Å². The van der Waals surface area contributed by atoms with Crippen LogP contribution in [-0.4, -0.2) is 31.4 Å². The largest absolute Gasteiger partial charge is 0.322 e. The van der Waals surface area contributed by atoms with Gasteiger partial charge in [-0.1, -0.05) is 29.8 Å². The molecule has 2 aromatic rings. The fraction of sp³-hybridized carbons (Fsp3) is 0.235. The van der Waals surface area contributed by atoms with Crippen LogP contribution in [-0.2, 0) is 23.0 Å². The number of amides is 1. The zero-order chi connectivity index (χ0) is 17.3. The van der Waals surface area contributed by atoms with Gasteiger partial charge in [0, 0.05) is 18.8 Å². The molecule has 7 heteroatoms. The van der Waals surface area contributed by atoms with Gasteiger partial charge in [0.2, 0.25) is 10.0 Å². The SMILES string of the molecule is CS(=O)(=O)N1CCc2ccc(NC(=O)c3ccccc3Cl)cc2C1. The summed E-state index contributed by atoms with van der Waals surface area (Å²) in [6.45, 7) is 0.807. The molecule has 0 saturated heterocycles. The molecule has 0 spiro atoms. The number of carbonyl (C=O) groups is 1. The molecule has 3 rings (SSSR count). The summed E-state index contributed by atoms with van der Waals surface area (Å²) in [5.74, 6) is -0.295. The minimum atomic E-state index is -3.22. The third kappa shape index (κ3) is 3.61. The highest BCUT2D eigenvalue weighted by Crippen LogP contribution is 2.25. The van der Waals surface area contributed by atoms with Crippen molar-refractivity contribution in [1.29, 1.82) is 0 Å². The van der Waals surface area contributed by atoms with E-state index < -0.39 is 10.0 Å². The Labute approximate surface area is 146 Å². The predicted molar refractivity (Wildman–Crippen MR) is 94.8 cm³/mol. The number of hydrogen-bond acceptors (Lipinski definition) is 3. The fourth-order valence-electron chi connectivity index (χ4n) is 2.74. The second-order valence-corrected chi connectivity index (χ2v) is 8.15. The maximum absolute atomic E-state index is 12.3. The van der Waals surface area contributed by atoms with Crippen molar-refractivity contribution in [3.8, 4) is 0 Å². The molecule has 0 bridgehead atoms. The second kappa shape index (κ2) is 6.55. The minimum Gasteiger partial charge on any atom is -0.322 e. The van der Waals surface area contributed by atoms with Crippen LogP contribution in [0.25, 0.3) is 0 Å². The first kappa shape index (κ1) is 17.0. The van der Waals surface area contributed by atoms with Gasteiger partial charge in [0.1, 0.15) is 0 Å². The molecule has 0 unspecified atom stereocenters. The molecule has 0 saturated carbocycles. The van der Waals surface area contributed by atoms with Crippen LogP contribution in [0.3, 0.4) is 0 Å². The summed E-state index contributed by atoms with van der Waals surface area (Å²) in [4.78, 5) is 12.3. The highest BCUT2D eigenvalue weighted by molar-refractivity contribution is 7.88. The van der Waals surface area contributed by atoms with Gasteiger partial charge in [-0.3, -0.25) is 4.79 Å². The highest BCUT2D eigenvalue weighted by Gasteiger charge is 2.23. The van der Waals surface area contributed by atoms with Crippen LogP contribution in [0.4, 0.5) is 5.69 Å². The molecule has 5 nitrogen and oxygen atoms in total. The summed E-state index contributed by atoms with van der Waals surface area (Å²) in [6, 6.07) is 12.4. The van der Waals surface area contributed by atoms with Gasteiger partial charge in [0.25, 0.3) is 5.91 Å². The van der Waals surface area contributed by atoms with E-state index in [1.807, 2.05) is 18.2 Å². The van der Waals surface area contributed by atoms with Crippen LogP contribution < -0.4 is 5.32 Å². The van der Waals surface area contributed by atoms with Crippen molar-refractivity contribution < 1.29 is 13.2 Å². The molecular weight excluding hydrogens is 348 g/mol. The average molecular weight is 365 g/mol. The number of nitrogens with one attached hydrogen (secondary N) is 1. The van der Waals surface area contributed by atoms with Crippen LogP contribution in [0, 0.1) is 0 Å². The van der Waals surface area contributed by atoms with E-state index in [9.17, 15) is 13.2 Å². The minimum absolute atomic E-state index is 0.295. The zero-order valence-corrected chi connectivity index (χ0v) is 14.7. The first-order valence-electron chi connectivity index (χ1n) is 7.47. The van der Waals surface area contributed by atoms with Crippen molar-refractivity contribution in [1.82, 2.24) is 4.31 Å². The Morgan fingerprint density at radius 1 is 1.17 bits per heavy atom. The van der Waals surface area contributed by atoms with E-state index in [0.29, 0.717) is 35.8 Å². The van der Waals surface area contributed by atoms with Crippen LogP contribution in [0.5, 0.6) is 0 Å². The van der Waals surface area contributed by atoms with E-state index in [1.54, 1.807) is 24.3 Å². The van der Waals surface area contributed by atoms with Crippen LogP contribution in [0.15, 0.2) is 42.5 Å². The smallest absolute Gasteiger partial charge is 0.257 e. The molecule has 1 aliphatic heterocycles. The first-order valence-corrected chi connectivity index (χ1v) is 9.70. The predicted octanol–water partition coefficient (Wildman–Crippen LogP) is 2.91. The first-order chi connectivity index (χ1) is 11.3. The van der Waals surface area contributed by atoms with Gasteiger partial charge in [-0.15, -0.1) is 0 Å². The Morgan fingerprint density at radius 3 is 2.62 bits per heavy atom. The molecule has 1 aliphatic rings. The van der Waals surface area contributed by atoms with E-state index in [0.717, 1.165) is 11.1 Å². The lowest BCUT2D eigenvalue weighted by molar-refractivity contribution is 0.102. The van der Waals surface area contributed by atoms with Crippen molar-refractivity contribution in [2.75, 3.05) is 18.1 Å². The number of benzene rings is 2. The summed E-state index contributed by atoms with van der Waals surface area (Å²) in [6.07, 6.45) is 1.88. The lowest BCUT2D eigenvalue weighted by atomic mass is 10.0. The fourth-order valence-corrected chi connectivity index (χ4v) is 3.75. The number of hydrogen-bond donors (Lipinski definition) is 1. The molecule has 1 heterocycles. The van der Waals surface area contributed by atoms with E-state index in [-0.39, 0.29) is 5.91 Å². The Morgan fingerprint density at radius 2 is 1.92 bits per heavy atom. The van der Waals surface area contributed by atoms with Gasteiger partial charge < -0.3 is 5.32 Å². The van der Waals surface area contributed by atoms with Crippen molar-refractivity contribution in [3.63, 3.8) is 0 Å². The number of halogens is 1. The Hall–Kier alpha value is -1.89. The number of fused-ring (bicyclic) bond motifs is 1. The molecule has 0 atom stereocenters. The van der Waals surface area contributed by atoms with E-state index >= 15 is 0 Å². The molecule has 0 radical (unpaired) electrons. The number of carbonyl (C=O) groups excluding carboxylic acids is 1. The van der Waals surface area contributed by atoms with Crippen LogP contribution >= 0.6 is 11.6 Å². The number of nitrogens with zero attached hydrogens (tertiary/aromatic N) is 1. The van der Waals surface area contributed by atoms with Gasteiger partial charge in [-0.25, -0.2) is 8.42 Å². The maximum atomic E-state index is 12.3. The van der Waals surface area contributed by atoms with Gasteiger partial charge in [0.05, 0.1) is 16.8 Å². The third-order valence-corrected chi connectivity index (χ3v) is 5.61. The number of sulfonamides is 1. The summed E-state index contributed by atoms with van der Waals surface area (Å²) in [7, 11) is -3.22. The van der Waals surface area contributed by atoms with E-state index in [4.69, 9.17) is 11.6 Å². The molecular formula is C17H17ClN2O3S. The lowest BCUT2D eigenvalue weighted by Crippen LogP contribution is -2.35. The quantitative estimate of drug-likeness (QED) is 0.910. The van der Waals surface area contributed by atoms with Gasteiger partial charge in [0.15, 0.2) is 0 Å². The van der Waals surface area contributed by atoms with Gasteiger partial charge >= 0.3 is 0 Å². The molecule has 0 fully saturated rings. The number of anilines is 1. The van der Waals surface area contributed by atoms with Crippen molar-refractivity contribution in [3.05, 3.63) is 64.2 Å². The normalized spacial score (nSPS) is 14.9. The Bertz CT molecular complexity index is 896. The number of rotatable bonds is 3. The zero-order valence-electron chi connectivity index (χ0n) is 13.1. The summed E-state index contributed by atoms with van der Waals surface area (Å²) in [5.41, 5.74) is 3.03.